The van der Waals surface area contributed by atoms with Gasteiger partial charge in [-0.05, 0) is 69.0 Å². The van der Waals surface area contributed by atoms with Crippen molar-refractivity contribution in [2.45, 2.75) is 48.9 Å². The van der Waals surface area contributed by atoms with Crippen LogP contribution in [0.25, 0.3) is 6.08 Å². The summed E-state index contributed by atoms with van der Waals surface area (Å²) >= 11 is 8.06. The summed E-state index contributed by atoms with van der Waals surface area (Å²) in [5.74, 6) is 0.303. The van der Waals surface area contributed by atoms with Crippen molar-refractivity contribution in [3.63, 3.8) is 0 Å². The summed E-state index contributed by atoms with van der Waals surface area (Å²) in [5.41, 5.74) is 0.815. The lowest BCUT2D eigenvalue weighted by Gasteiger charge is -2.33. The van der Waals surface area contributed by atoms with Crippen molar-refractivity contribution in [2.75, 3.05) is 19.8 Å². The lowest BCUT2D eigenvalue weighted by molar-refractivity contribution is -0.155. The van der Waals surface area contributed by atoms with Gasteiger partial charge in [-0.1, -0.05) is 41.6 Å². The molecule has 1 heterocycles. The Kier molecular flexibility index (Phi) is 9.06. The lowest BCUT2D eigenvalue weighted by Crippen LogP contribution is -2.48. The van der Waals surface area contributed by atoms with E-state index < -0.39 is 6.04 Å². The molecule has 170 valence electrons. The molecular formula is C25H28ClNO4S. The Morgan fingerprint density at radius 3 is 2.69 bits per heavy atom. The molecule has 1 unspecified atom stereocenters. The molecular weight excluding hydrogens is 446 g/mol. The van der Waals surface area contributed by atoms with Gasteiger partial charge < -0.3 is 14.4 Å². The first-order valence-electron chi connectivity index (χ1n) is 10.9. The van der Waals surface area contributed by atoms with E-state index in [4.69, 9.17) is 21.1 Å². The standard InChI is InChI=1S/C25H28ClNO4S/c1-3-30-21-10-5-6-11-23(21)32-22-14-12-18(17-19(22)26)13-15-24(28)27-16-8-7-9-20(27)25(29)31-4-2/h5-6,10-15,17,20H,3-4,7-9,16H2,1-2H3. The highest BCUT2D eigenvalue weighted by Gasteiger charge is 2.32. The van der Waals surface area contributed by atoms with Gasteiger partial charge in [-0.3, -0.25) is 4.79 Å². The van der Waals surface area contributed by atoms with Crippen LogP contribution in [0.5, 0.6) is 5.75 Å². The molecule has 1 aliphatic rings. The van der Waals surface area contributed by atoms with Crippen LogP contribution in [0.2, 0.25) is 5.02 Å². The zero-order chi connectivity index (χ0) is 22.9. The van der Waals surface area contributed by atoms with Gasteiger partial charge in [-0.2, -0.15) is 0 Å². The Morgan fingerprint density at radius 2 is 1.94 bits per heavy atom. The number of rotatable bonds is 8. The van der Waals surface area contributed by atoms with E-state index in [1.165, 1.54) is 17.8 Å². The van der Waals surface area contributed by atoms with Gasteiger partial charge in [0.25, 0.3) is 0 Å². The third kappa shape index (κ3) is 6.30. The SMILES string of the molecule is CCOC(=O)C1CCCCN1C(=O)C=Cc1ccc(Sc2ccccc2OCC)c(Cl)c1. The van der Waals surface area contributed by atoms with Gasteiger partial charge in [0.15, 0.2) is 0 Å². The van der Waals surface area contributed by atoms with Crippen molar-refractivity contribution in [3.05, 3.63) is 59.1 Å². The van der Waals surface area contributed by atoms with E-state index in [2.05, 4.69) is 0 Å². The number of benzene rings is 2. The summed E-state index contributed by atoms with van der Waals surface area (Å²) in [6.07, 6.45) is 5.67. The highest BCUT2D eigenvalue weighted by atomic mass is 35.5. The van der Waals surface area contributed by atoms with E-state index in [1.54, 1.807) is 17.9 Å². The van der Waals surface area contributed by atoms with Crippen molar-refractivity contribution in [2.24, 2.45) is 0 Å². The Balaban J connectivity index is 1.69. The zero-order valence-corrected chi connectivity index (χ0v) is 20.0. The number of halogens is 1. The fraction of sp³-hybridized carbons (Fsp3) is 0.360. The molecule has 1 amide bonds. The minimum atomic E-state index is -0.506. The van der Waals surface area contributed by atoms with Crippen LogP contribution >= 0.6 is 23.4 Å². The maximum Gasteiger partial charge on any atom is 0.328 e. The van der Waals surface area contributed by atoms with E-state index in [1.807, 2.05) is 49.4 Å². The van der Waals surface area contributed by atoms with Crippen molar-refractivity contribution < 1.29 is 19.1 Å². The number of para-hydroxylation sites is 1. The minimum absolute atomic E-state index is 0.192. The number of hydrogen-bond acceptors (Lipinski definition) is 5. The van der Waals surface area contributed by atoms with Crippen LogP contribution in [0.1, 0.15) is 38.7 Å². The van der Waals surface area contributed by atoms with Crippen LogP contribution in [0.4, 0.5) is 0 Å². The third-order valence-electron chi connectivity index (χ3n) is 5.09. The largest absolute Gasteiger partial charge is 0.493 e. The van der Waals surface area contributed by atoms with Crippen LogP contribution in [0.3, 0.4) is 0 Å². The summed E-state index contributed by atoms with van der Waals surface area (Å²) in [4.78, 5) is 28.5. The number of likely N-dealkylation sites (tertiary alicyclic amines) is 1. The molecule has 0 radical (unpaired) electrons. The summed E-state index contributed by atoms with van der Waals surface area (Å²) in [7, 11) is 0. The average Bonchev–Trinajstić information content (AvgIpc) is 2.80. The fourth-order valence-corrected chi connectivity index (χ4v) is 4.78. The first kappa shape index (κ1) is 24.2. The zero-order valence-electron chi connectivity index (χ0n) is 18.4. The van der Waals surface area contributed by atoms with Crippen LogP contribution in [-0.2, 0) is 14.3 Å². The van der Waals surface area contributed by atoms with Gasteiger partial charge >= 0.3 is 5.97 Å². The molecule has 1 atom stereocenters. The monoisotopic (exact) mass is 473 g/mol. The molecule has 1 aliphatic heterocycles. The summed E-state index contributed by atoms with van der Waals surface area (Å²) in [5, 5.41) is 0.596. The van der Waals surface area contributed by atoms with Gasteiger partial charge in [0.05, 0.1) is 23.1 Å². The molecule has 2 aromatic rings. The van der Waals surface area contributed by atoms with Gasteiger partial charge in [0.2, 0.25) is 5.91 Å². The smallest absolute Gasteiger partial charge is 0.328 e. The summed E-state index contributed by atoms with van der Waals surface area (Å²) in [6, 6.07) is 13.0. The van der Waals surface area contributed by atoms with Gasteiger partial charge in [0.1, 0.15) is 11.8 Å². The van der Waals surface area contributed by atoms with Gasteiger partial charge in [-0.15, -0.1) is 0 Å². The molecule has 3 rings (SSSR count). The van der Waals surface area contributed by atoms with Crippen molar-refractivity contribution in [1.29, 1.82) is 0 Å². The molecule has 0 aliphatic carbocycles. The van der Waals surface area contributed by atoms with E-state index in [0.717, 1.165) is 33.9 Å². The minimum Gasteiger partial charge on any atom is -0.493 e. The van der Waals surface area contributed by atoms with Crippen molar-refractivity contribution in [3.8, 4) is 5.75 Å². The van der Waals surface area contributed by atoms with Crippen molar-refractivity contribution >= 4 is 41.3 Å². The Morgan fingerprint density at radius 1 is 1.12 bits per heavy atom. The molecule has 0 bridgehead atoms. The topological polar surface area (TPSA) is 55.8 Å². The second kappa shape index (κ2) is 12.0. The first-order chi connectivity index (χ1) is 15.5. The Labute approximate surface area is 198 Å². The second-order valence-electron chi connectivity index (χ2n) is 7.30. The molecule has 0 aromatic heterocycles. The normalized spacial score (nSPS) is 16.2. The van der Waals surface area contributed by atoms with E-state index in [-0.39, 0.29) is 11.9 Å². The molecule has 5 nitrogen and oxygen atoms in total. The second-order valence-corrected chi connectivity index (χ2v) is 8.79. The molecule has 1 fully saturated rings. The van der Waals surface area contributed by atoms with Crippen LogP contribution in [0, 0.1) is 0 Å². The molecule has 7 heteroatoms. The number of hydrogen-bond donors (Lipinski definition) is 0. The Bertz CT molecular complexity index is 978. The highest BCUT2D eigenvalue weighted by Crippen LogP contribution is 2.38. The predicted molar refractivity (Wildman–Crippen MR) is 128 cm³/mol. The maximum absolute atomic E-state index is 12.8. The quantitative estimate of drug-likeness (QED) is 0.355. The van der Waals surface area contributed by atoms with Crippen LogP contribution in [-0.4, -0.2) is 42.6 Å². The number of esters is 1. The maximum atomic E-state index is 12.8. The first-order valence-corrected chi connectivity index (χ1v) is 12.1. The third-order valence-corrected chi connectivity index (χ3v) is 6.65. The highest BCUT2D eigenvalue weighted by molar-refractivity contribution is 7.99. The summed E-state index contributed by atoms with van der Waals surface area (Å²) in [6.45, 7) is 5.19. The van der Waals surface area contributed by atoms with E-state index >= 15 is 0 Å². The molecule has 0 N–H and O–H groups in total. The molecule has 0 spiro atoms. The van der Waals surface area contributed by atoms with Gasteiger partial charge in [-0.25, -0.2) is 4.79 Å². The van der Waals surface area contributed by atoms with E-state index in [0.29, 0.717) is 31.2 Å². The molecule has 2 aromatic carbocycles. The Hall–Kier alpha value is -2.44. The molecule has 32 heavy (non-hydrogen) atoms. The predicted octanol–water partition coefficient (Wildman–Crippen LogP) is 5.85. The number of carbonyl (C=O) groups is 2. The lowest BCUT2D eigenvalue weighted by atomic mass is 10.0. The number of ether oxygens (including phenoxy) is 2. The number of piperidine rings is 1. The average molecular weight is 474 g/mol. The van der Waals surface area contributed by atoms with Crippen molar-refractivity contribution in [1.82, 2.24) is 4.90 Å². The molecule has 1 saturated heterocycles. The van der Waals surface area contributed by atoms with Crippen LogP contribution in [0.15, 0.2) is 58.3 Å². The van der Waals surface area contributed by atoms with Crippen LogP contribution < -0.4 is 4.74 Å². The fourth-order valence-electron chi connectivity index (χ4n) is 3.57. The number of nitrogens with zero attached hydrogens (tertiary/aromatic N) is 1. The molecule has 0 saturated carbocycles. The van der Waals surface area contributed by atoms with E-state index in [9.17, 15) is 9.59 Å². The number of carbonyl (C=O) groups excluding carboxylic acids is 2. The summed E-state index contributed by atoms with van der Waals surface area (Å²) < 4.78 is 10.8. The number of amides is 1. The van der Waals surface area contributed by atoms with Gasteiger partial charge in [0, 0.05) is 17.5 Å².